The normalized spacial score (nSPS) is 12.6. The van der Waals surface area contributed by atoms with Crippen molar-refractivity contribution in [2.75, 3.05) is 5.32 Å². The first-order valence-corrected chi connectivity index (χ1v) is 7.89. The third-order valence-electron chi connectivity index (χ3n) is 4.17. The molecule has 4 heteroatoms. The first-order chi connectivity index (χ1) is 9.19. The van der Waals surface area contributed by atoms with E-state index in [1.165, 1.54) is 0 Å². The minimum absolute atomic E-state index is 0.0809. The van der Waals surface area contributed by atoms with Gasteiger partial charge in [0.1, 0.15) is 16.8 Å². The van der Waals surface area contributed by atoms with Crippen molar-refractivity contribution >= 4 is 17.4 Å². The van der Waals surface area contributed by atoms with Crippen LogP contribution in [0.25, 0.3) is 0 Å². The Morgan fingerprint density at radius 2 is 1.50 bits per heavy atom. The predicted octanol–water partition coefficient (Wildman–Crippen LogP) is 5.12. The van der Waals surface area contributed by atoms with Gasteiger partial charge in [0.25, 0.3) is 0 Å². The van der Waals surface area contributed by atoms with Gasteiger partial charge in [0, 0.05) is 16.5 Å². The van der Waals surface area contributed by atoms with Crippen LogP contribution in [0.1, 0.15) is 72.2 Å². The van der Waals surface area contributed by atoms with E-state index in [9.17, 15) is 0 Å². The first-order valence-electron chi connectivity index (χ1n) is 7.52. The number of hydrogen-bond donors (Lipinski definition) is 1. The highest BCUT2D eigenvalue weighted by Crippen LogP contribution is 2.30. The van der Waals surface area contributed by atoms with Gasteiger partial charge in [-0.2, -0.15) is 0 Å². The molecule has 3 nitrogen and oxygen atoms in total. The topological polar surface area (TPSA) is 37.8 Å². The monoisotopic (exact) mass is 297 g/mol. The average molecular weight is 298 g/mol. The molecule has 1 N–H and O–H groups in total. The van der Waals surface area contributed by atoms with E-state index in [1.807, 2.05) is 6.92 Å². The van der Waals surface area contributed by atoms with Crippen molar-refractivity contribution in [2.45, 2.75) is 78.7 Å². The van der Waals surface area contributed by atoms with Gasteiger partial charge in [0.05, 0.1) is 0 Å². The second-order valence-corrected chi connectivity index (χ2v) is 6.89. The summed E-state index contributed by atoms with van der Waals surface area (Å²) >= 11 is 6.29. The van der Waals surface area contributed by atoms with Gasteiger partial charge in [0.2, 0.25) is 0 Å². The molecule has 0 radical (unpaired) electrons. The highest BCUT2D eigenvalue weighted by atomic mass is 35.5. The van der Waals surface area contributed by atoms with E-state index in [1.54, 1.807) is 0 Å². The Bertz CT molecular complexity index is 451. The fourth-order valence-corrected chi connectivity index (χ4v) is 2.38. The molecule has 1 rings (SSSR count). The highest BCUT2D eigenvalue weighted by Gasteiger charge is 2.27. The Hall–Kier alpha value is -0.830. The van der Waals surface area contributed by atoms with Crippen LogP contribution in [0.4, 0.5) is 5.82 Å². The third-order valence-corrected chi connectivity index (χ3v) is 4.54. The van der Waals surface area contributed by atoms with Gasteiger partial charge in [-0.05, 0) is 26.2 Å². The summed E-state index contributed by atoms with van der Waals surface area (Å²) in [5.41, 5.74) is 0.901. The Morgan fingerprint density at radius 3 is 1.90 bits per heavy atom. The van der Waals surface area contributed by atoms with E-state index in [2.05, 4.69) is 51.8 Å². The average Bonchev–Trinajstić information content (AvgIpc) is 2.39. The summed E-state index contributed by atoms with van der Waals surface area (Å²) in [5, 5.41) is 4.17. The van der Waals surface area contributed by atoms with Crippen LogP contribution in [0.15, 0.2) is 0 Å². The van der Waals surface area contributed by atoms with Crippen molar-refractivity contribution in [1.82, 2.24) is 9.97 Å². The van der Waals surface area contributed by atoms with Crippen molar-refractivity contribution in [3.05, 3.63) is 16.5 Å². The smallest absolute Gasteiger partial charge is 0.137 e. The minimum Gasteiger partial charge on any atom is -0.364 e. The molecular formula is C16H28ClN3. The number of nitrogens with one attached hydrogen (secondary N) is 1. The van der Waals surface area contributed by atoms with Gasteiger partial charge in [-0.1, -0.05) is 53.1 Å². The van der Waals surface area contributed by atoms with Crippen molar-refractivity contribution in [3.8, 4) is 0 Å². The number of anilines is 1. The van der Waals surface area contributed by atoms with Crippen LogP contribution in [0.5, 0.6) is 0 Å². The van der Waals surface area contributed by atoms with Crippen LogP contribution in [-0.2, 0) is 5.41 Å². The zero-order valence-electron chi connectivity index (χ0n) is 13.9. The molecule has 0 aromatic carbocycles. The molecule has 0 fully saturated rings. The molecule has 0 amide bonds. The molecule has 0 aliphatic heterocycles. The van der Waals surface area contributed by atoms with Crippen LogP contribution in [0.2, 0.25) is 5.15 Å². The third kappa shape index (κ3) is 3.63. The zero-order chi connectivity index (χ0) is 15.6. The maximum Gasteiger partial charge on any atom is 0.137 e. The molecule has 114 valence electrons. The van der Waals surface area contributed by atoms with Crippen molar-refractivity contribution < 1.29 is 0 Å². The van der Waals surface area contributed by atoms with Crippen molar-refractivity contribution in [2.24, 2.45) is 0 Å². The lowest BCUT2D eigenvalue weighted by Gasteiger charge is -2.33. The Kier molecular flexibility index (Phi) is 5.42. The van der Waals surface area contributed by atoms with Crippen molar-refractivity contribution in [1.29, 1.82) is 0 Å². The molecule has 0 bridgehead atoms. The number of rotatable bonds is 5. The first kappa shape index (κ1) is 17.2. The van der Waals surface area contributed by atoms with Crippen LogP contribution < -0.4 is 5.32 Å². The quantitative estimate of drug-likeness (QED) is 0.767. The van der Waals surface area contributed by atoms with Crippen LogP contribution >= 0.6 is 11.6 Å². The molecule has 1 heterocycles. The standard InChI is InChI=1S/C16H28ClN3/c1-8-16(9-2,10-3)20-13-11(4)12(17)18-14(19-13)15(5,6)7/h8-10H2,1-7H3,(H,18,19,20). The second-order valence-electron chi connectivity index (χ2n) is 6.53. The summed E-state index contributed by atoms with van der Waals surface area (Å²) in [7, 11) is 0. The van der Waals surface area contributed by atoms with Gasteiger partial charge in [-0.25, -0.2) is 9.97 Å². The van der Waals surface area contributed by atoms with E-state index in [-0.39, 0.29) is 11.0 Å². The minimum atomic E-state index is -0.110. The van der Waals surface area contributed by atoms with E-state index < -0.39 is 0 Å². The van der Waals surface area contributed by atoms with Gasteiger partial charge in [0.15, 0.2) is 0 Å². The molecule has 1 aromatic rings. The van der Waals surface area contributed by atoms with Gasteiger partial charge < -0.3 is 5.32 Å². The summed E-state index contributed by atoms with van der Waals surface area (Å²) in [6.07, 6.45) is 3.18. The molecule has 20 heavy (non-hydrogen) atoms. The molecule has 0 aliphatic rings. The molecule has 0 saturated heterocycles. The number of hydrogen-bond acceptors (Lipinski definition) is 3. The van der Waals surface area contributed by atoms with Gasteiger partial charge in [-0.3, -0.25) is 0 Å². The van der Waals surface area contributed by atoms with Gasteiger partial charge >= 0.3 is 0 Å². The van der Waals surface area contributed by atoms with E-state index in [4.69, 9.17) is 16.6 Å². The summed E-state index contributed by atoms with van der Waals surface area (Å²) in [6, 6.07) is 0. The van der Waals surface area contributed by atoms with Crippen molar-refractivity contribution in [3.63, 3.8) is 0 Å². The zero-order valence-corrected chi connectivity index (χ0v) is 14.6. The molecule has 0 aliphatic carbocycles. The lowest BCUT2D eigenvalue weighted by atomic mass is 9.89. The Labute approximate surface area is 128 Å². The molecule has 0 spiro atoms. The summed E-state index contributed by atoms with van der Waals surface area (Å²) in [6.45, 7) is 14.9. The fraction of sp³-hybridized carbons (Fsp3) is 0.750. The van der Waals surface area contributed by atoms with E-state index in [0.717, 1.165) is 36.5 Å². The Morgan fingerprint density at radius 1 is 1.00 bits per heavy atom. The van der Waals surface area contributed by atoms with E-state index in [0.29, 0.717) is 5.15 Å². The lowest BCUT2D eigenvalue weighted by molar-refractivity contribution is 0.417. The van der Waals surface area contributed by atoms with E-state index >= 15 is 0 Å². The largest absolute Gasteiger partial charge is 0.364 e. The number of nitrogens with zero attached hydrogens (tertiary/aromatic N) is 2. The second kappa shape index (κ2) is 6.30. The highest BCUT2D eigenvalue weighted by molar-refractivity contribution is 6.30. The van der Waals surface area contributed by atoms with Crippen LogP contribution in [0, 0.1) is 6.92 Å². The van der Waals surface area contributed by atoms with Crippen LogP contribution in [-0.4, -0.2) is 15.5 Å². The lowest BCUT2D eigenvalue weighted by Crippen LogP contribution is -2.37. The van der Waals surface area contributed by atoms with Gasteiger partial charge in [-0.15, -0.1) is 0 Å². The molecule has 0 unspecified atom stereocenters. The molecular weight excluding hydrogens is 270 g/mol. The number of aromatic nitrogens is 2. The molecule has 1 aromatic heterocycles. The number of halogens is 1. The molecule has 0 atom stereocenters. The summed E-state index contributed by atoms with van der Waals surface area (Å²) in [4.78, 5) is 9.15. The predicted molar refractivity (Wildman–Crippen MR) is 87.7 cm³/mol. The Balaban J connectivity index is 3.27. The van der Waals surface area contributed by atoms with Crippen LogP contribution in [0.3, 0.4) is 0 Å². The molecule has 0 saturated carbocycles. The maximum absolute atomic E-state index is 6.29. The summed E-state index contributed by atoms with van der Waals surface area (Å²) < 4.78 is 0. The summed E-state index contributed by atoms with van der Waals surface area (Å²) in [5.74, 6) is 1.66. The SMILES string of the molecule is CCC(CC)(CC)Nc1nc(C(C)(C)C)nc(Cl)c1C. The maximum atomic E-state index is 6.29. The fourth-order valence-electron chi connectivity index (χ4n) is 2.21.